The van der Waals surface area contributed by atoms with Gasteiger partial charge < -0.3 is 4.74 Å². The molecular weight excluding hydrogens is 371 g/mol. The molecular formula is C21H14Cl2O3. The van der Waals surface area contributed by atoms with Gasteiger partial charge in [0.15, 0.2) is 12.4 Å². The first kappa shape index (κ1) is 18.2. The number of rotatable bonds is 5. The van der Waals surface area contributed by atoms with Crippen LogP contribution in [0.5, 0.6) is 0 Å². The number of hydrogen-bond acceptors (Lipinski definition) is 3. The topological polar surface area (TPSA) is 43.4 Å². The fraction of sp³-hybridized carbons (Fsp3) is 0.0476. The number of ether oxygens (including phenoxy) is 1. The van der Waals surface area contributed by atoms with Gasteiger partial charge in [-0.2, -0.15) is 0 Å². The van der Waals surface area contributed by atoms with Crippen LogP contribution in [0.25, 0.3) is 11.1 Å². The first-order valence-electron chi connectivity index (χ1n) is 7.85. The van der Waals surface area contributed by atoms with Crippen molar-refractivity contribution < 1.29 is 14.3 Å². The lowest BCUT2D eigenvalue weighted by atomic mass is 10.0. The summed E-state index contributed by atoms with van der Waals surface area (Å²) in [6, 6.07) is 21.4. The molecule has 26 heavy (non-hydrogen) atoms. The second-order valence-corrected chi connectivity index (χ2v) is 6.39. The minimum absolute atomic E-state index is 0.242. The van der Waals surface area contributed by atoms with Crippen molar-refractivity contribution in [3.8, 4) is 11.1 Å². The van der Waals surface area contributed by atoms with E-state index < -0.39 is 5.97 Å². The van der Waals surface area contributed by atoms with E-state index in [0.717, 1.165) is 11.1 Å². The molecule has 0 atom stereocenters. The van der Waals surface area contributed by atoms with E-state index in [4.69, 9.17) is 27.9 Å². The SMILES string of the molecule is O=C(COC(=O)c1ccc(Cl)c(Cl)c1)c1ccc(-c2ccccc2)cc1. The molecule has 0 heterocycles. The lowest BCUT2D eigenvalue weighted by Crippen LogP contribution is -2.14. The molecule has 3 aromatic rings. The average molecular weight is 385 g/mol. The number of halogens is 2. The molecule has 0 aliphatic carbocycles. The Balaban J connectivity index is 1.63. The van der Waals surface area contributed by atoms with Gasteiger partial charge in [0, 0.05) is 5.56 Å². The maximum Gasteiger partial charge on any atom is 0.338 e. The summed E-state index contributed by atoms with van der Waals surface area (Å²) in [6.07, 6.45) is 0. The van der Waals surface area contributed by atoms with Crippen molar-refractivity contribution in [1.29, 1.82) is 0 Å². The summed E-state index contributed by atoms with van der Waals surface area (Å²) in [7, 11) is 0. The molecule has 5 heteroatoms. The summed E-state index contributed by atoms with van der Waals surface area (Å²) < 4.78 is 5.06. The summed E-state index contributed by atoms with van der Waals surface area (Å²) in [5.41, 5.74) is 2.80. The van der Waals surface area contributed by atoms with Crippen LogP contribution >= 0.6 is 23.2 Å². The molecule has 0 radical (unpaired) electrons. The third-order valence-electron chi connectivity index (χ3n) is 3.80. The Kier molecular flexibility index (Phi) is 5.71. The maximum absolute atomic E-state index is 12.2. The van der Waals surface area contributed by atoms with Crippen molar-refractivity contribution in [3.63, 3.8) is 0 Å². The minimum atomic E-state index is -0.627. The summed E-state index contributed by atoms with van der Waals surface area (Å²) >= 11 is 11.7. The normalized spacial score (nSPS) is 10.4. The third kappa shape index (κ3) is 4.31. The molecule has 0 aliphatic heterocycles. The Morgan fingerprint density at radius 2 is 1.35 bits per heavy atom. The predicted molar refractivity (Wildman–Crippen MR) is 103 cm³/mol. The van der Waals surface area contributed by atoms with E-state index in [2.05, 4.69) is 0 Å². The van der Waals surface area contributed by atoms with Gasteiger partial charge >= 0.3 is 5.97 Å². The molecule has 0 aliphatic rings. The van der Waals surface area contributed by atoms with Gasteiger partial charge in [-0.1, -0.05) is 77.8 Å². The zero-order valence-electron chi connectivity index (χ0n) is 13.6. The highest BCUT2D eigenvalue weighted by Crippen LogP contribution is 2.23. The van der Waals surface area contributed by atoms with Crippen LogP contribution in [0.4, 0.5) is 0 Å². The lowest BCUT2D eigenvalue weighted by Gasteiger charge is -2.06. The van der Waals surface area contributed by atoms with Crippen molar-refractivity contribution in [1.82, 2.24) is 0 Å². The van der Waals surface area contributed by atoms with Gasteiger partial charge in [0.1, 0.15) is 0 Å². The number of benzene rings is 3. The van der Waals surface area contributed by atoms with Crippen LogP contribution in [0, 0.1) is 0 Å². The Hall–Kier alpha value is -2.62. The number of Topliss-reactive ketones (excluding diaryl/α,β-unsaturated/α-hetero) is 1. The van der Waals surface area contributed by atoms with Gasteiger partial charge in [-0.25, -0.2) is 4.79 Å². The predicted octanol–water partition coefficient (Wildman–Crippen LogP) is 5.70. The zero-order valence-corrected chi connectivity index (χ0v) is 15.1. The largest absolute Gasteiger partial charge is 0.454 e. The van der Waals surface area contributed by atoms with Gasteiger partial charge in [-0.05, 0) is 29.3 Å². The fourth-order valence-electron chi connectivity index (χ4n) is 2.40. The summed E-state index contributed by atoms with van der Waals surface area (Å²) in [6.45, 7) is -0.343. The molecule has 0 fully saturated rings. The molecule has 130 valence electrons. The van der Waals surface area contributed by atoms with Crippen LogP contribution in [0.2, 0.25) is 10.0 Å². The Morgan fingerprint density at radius 1 is 0.731 bits per heavy atom. The van der Waals surface area contributed by atoms with Crippen molar-refractivity contribution >= 4 is 35.0 Å². The van der Waals surface area contributed by atoms with E-state index in [-0.39, 0.29) is 23.0 Å². The smallest absolute Gasteiger partial charge is 0.338 e. The monoisotopic (exact) mass is 384 g/mol. The highest BCUT2D eigenvalue weighted by atomic mass is 35.5. The van der Waals surface area contributed by atoms with E-state index in [1.54, 1.807) is 12.1 Å². The summed E-state index contributed by atoms with van der Waals surface area (Å²) in [5, 5.41) is 0.599. The van der Waals surface area contributed by atoms with Gasteiger partial charge in [-0.15, -0.1) is 0 Å². The molecule has 0 amide bonds. The molecule has 3 nitrogen and oxygen atoms in total. The molecule has 0 bridgehead atoms. The Morgan fingerprint density at radius 3 is 2.00 bits per heavy atom. The van der Waals surface area contributed by atoms with E-state index in [1.165, 1.54) is 18.2 Å². The highest BCUT2D eigenvalue weighted by molar-refractivity contribution is 6.42. The molecule has 3 aromatic carbocycles. The lowest BCUT2D eigenvalue weighted by molar-refractivity contribution is 0.0475. The van der Waals surface area contributed by atoms with Gasteiger partial charge in [0.05, 0.1) is 15.6 Å². The summed E-state index contributed by atoms with van der Waals surface area (Å²) in [4.78, 5) is 24.2. The second kappa shape index (κ2) is 8.17. The number of ketones is 1. The first-order valence-corrected chi connectivity index (χ1v) is 8.61. The Bertz CT molecular complexity index is 935. The minimum Gasteiger partial charge on any atom is -0.454 e. The van der Waals surface area contributed by atoms with Crippen molar-refractivity contribution in [3.05, 3.63) is 94.0 Å². The van der Waals surface area contributed by atoms with Crippen LogP contribution < -0.4 is 0 Å². The molecule has 0 spiro atoms. The molecule has 0 aromatic heterocycles. The van der Waals surface area contributed by atoms with Gasteiger partial charge in [0.2, 0.25) is 0 Å². The van der Waals surface area contributed by atoms with Crippen LogP contribution in [0.1, 0.15) is 20.7 Å². The van der Waals surface area contributed by atoms with E-state index in [9.17, 15) is 9.59 Å². The molecule has 0 unspecified atom stereocenters. The standard InChI is InChI=1S/C21H14Cl2O3/c22-18-11-10-17(12-19(18)23)21(25)26-13-20(24)16-8-6-15(7-9-16)14-4-2-1-3-5-14/h1-12H,13H2. The van der Waals surface area contributed by atoms with E-state index >= 15 is 0 Å². The summed E-state index contributed by atoms with van der Waals surface area (Å²) in [5.74, 6) is -0.907. The average Bonchev–Trinajstić information content (AvgIpc) is 2.68. The van der Waals surface area contributed by atoms with Gasteiger partial charge in [-0.3, -0.25) is 4.79 Å². The van der Waals surface area contributed by atoms with Crippen LogP contribution in [0.3, 0.4) is 0 Å². The van der Waals surface area contributed by atoms with E-state index in [0.29, 0.717) is 10.6 Å². The van der Waals surface area contributed by atoms with Crippen LogP contribution in [-0.4, -0.2) is 18.4 Å². The number of carbonyl (C=O) groups excluding carboxylic acids is 2. The molecule has 0 N–H and O–H groups in total. The molecule has 0 saturated carbocycles. The number of esters is 1. The van der Waals surface area contributed by atoms with Crippen molar-refractivity contribution in [2.24, 2.45) is 0 Å². The zero-order chi connectivity index (χ0) is 18.5. The van der Waals surface area contributed by atoms with Crippen LogP contribution in [0.15, 0.2) is 72.8 Å². The third-order valence-corrected chi connectivity index (χ3v) is 4.54. The second-order valence-electron chi connectivity index (χ2n) is 5.57. The van der Waals surface area contributed by atoms with Gasteiger partial charge in [0.25, 0.3) is 0 Å². The Labute approximate surface area is 161 Å². The quantitative estimate of drug-likeness (QED) is 0.418. The number of hydrogen-bond donors (Lipinski definition) is 0. The maximum atomic E-state index is 12.2. The van der Waals surface area contributed by atoms with Crippen molar-refractivity contribution in [2.45, 2.75) is 0 Å². The van der Waals surface area contributed by atoms with E-state index in [1.807, 2.05) is 42.5 Å². The molecule has 0 saturated heterocycles. The number of carbonyl (C=O) groups is 2. The fourth-order valence-corrected chi connectivity index (χ4v) is 2.70. The highest BCUT2D eigenvalue weighted by Gasteiger charge is 2.13. The first-order chi connectivity index (χ1) is 12.5. The van der Waals surface area contributed by atoms with Crippen molar-refractivity contribution in [2.75, 3.05) is 6.61 Å². The van der Waals surface area contributed by atoms with Crippen LogP contribution in [-0.2, 0) is 4.74 Å². The molecule has 3 rings (SSSR count).